The SMILES string of the molecule is CN(C)S(=O)(=O)N1CCCC(c2cncc(-c3cccc(C(=O)O)c3)n2)C1. The van der Waals surface area contributed by atoms with Crippen molar-refractivity contribution < 1.29 is 18.3 Å². The van der Waals surface area contributed by atoms with Gasteiger partial charge in [-0.15, -0.1) is 0 Å². The molecule has 2 heterocycles. The number of aromatic nitrogens is 2. The number of nitrogens with zero attached hydrogens (tertiary/aromatic N) is 4. The second kappa shape index (κ2) is 7.71. The van der Waals surface area contributed by atoms with Gasteiger partial charge in [0.25, 0.3) is 10.2 Å². The number of carbonyl (C=O) groups is 1. The first kappa shape index (κ1) is 19.4. The summed E-state index contributed by atoms with van der Waals surface area (Å²) in [6.45, 7) is 0.846. The van der Waals surface area contributed by atoms with Gasteiger partial charge in [0.05, 0.1) is 23.1 Å². The summed E-state index contributed by atoms with van der Waals surface area (Å²) in [7, 11) is -0.420. The Balaban J connectivity index is 1.87. The van der Waals surface area contributed by atoms with E-state index >= 15 is 0 Å². The van der Waals surface area contributed by atoms with Gasteiger partial charge >= 0.3 is 5.97 Å². The second-order valence-electron chi connectivity index (χ2n) is 6.70. The Hall–Kier alpha value is -2.36. The van der Waals surface area contributed by atoms with E-state index < -0.39 is 16.2 Å². The highest BCUT2D eigenvalue weighted by molar-refractivity contribution is 7.86. The molecule has 0 spiro atoms. The molecule has 1 saturated heterocycles. The Kier molecular flexibility index (Phi) is 5.54. The van der Waals surface area contributed by atoms with Crippen molar-refractivity contribution in [1.82, 2.24) is 18.6 Å². The van der Waals surface area contributed by atoms with Gasteiger partial charge in [0.1, 0.15) is 0 Å². The lowest BCUT2D eigenvalue weighted by atomic mass is 9.96. The summed E-state index contributed by atoms with van der Waals surface area (Å²) in [6.07, 6.45) is 4.81. The first-order chi connectivity index (χ1) is 12.8. The minimum atomic E-state index is -3.47. The number of hydrogen-bond acceptors (Lipinski definition) is 5. The minimum absolute atomic E-state index is 0.0522. The third-order valence-electron chi connectivity index (χ3n) is 4.65. The van der Waals surface area contributed by atoms with Crippen LogP contribution >= 0.6 is 0 Å². The summed E-state index contributed by atoms with van der Waals surface area (Å²) < 4.78 is 27.5. The Morgan fingerprint density at radius 1 is 1.30 bits per heavy atom. The molecule has 27 heavy (non-hydrogen) atoms. The lowest BCUT2D eigenvalue weighted by Gasteiger charge is -2.33. The smallest absolute Gasteiger partial charge is 0.335 e. The van der Waals surface area contributed by atoms with Crippen molar-refractivity contribution in [3.05, 3.63) is 47.9 Å². The summed E-state index contributed by atoms with van der Waals surface area (Å²) in [5, 5.41) is 9.16. The standard InChI is InChI=1S/C18H22N4O4S/c1-21(2)27(25,26)22-8-4-7-15(12-22)17-11-19-10-16(20-17)13-5-3-6-14(9-13)18(23)24/h3,5-6,9-11,15H,4,7-8,12H2,1-2H3,(H,23,24). The molecule has 1 aliphatic heterocycles. The number of carboxylic acids is 1. The molecule has 2 aromatic rings. The van der Waals surface area contributed by atoms with Crippen molar-refractivity contribution in [1.29, 1.82) is 0 Å². The monoisotopic (exact) mass is 390 g/mol. The summed E-state index contributed by atoms with van der Waals surface area (Å²) >= 11 is 0. The zero-order chi connectivity index (χ0) is 19.6. The molecule has 0 bridgehead atoms. The highest BCUT2D eigenvalue weighted by atomic mass is 32.2. The van der Waals surface area contributed by atoms with E-state index in [1.807, 2.05) is 0 Å². The third kappa shape index (κ3) is 4.15. The molecule has 144 valence electrons. The maximum atomic E-state index is 12.4. The van der Waals surface area contributed by atoms with Gasteiger partial charge in [-0.05, 0) is 25.0 Å². The molecule has 1 unspecified atom stereocenters. The number of carboxylic acid groups (broad SMARTS) is 1. The molecular formula is C18H22N4O4S. The van der Waals surface area contributed by atoms with E-state index in [-0.39, 0.29) is 11.5 Å². The maximum Gasteiger partial charge on any atom is 0.335 e. The fourth-order valence-electron chi connectivity index (χ4n) is 3.15. The average Bonchev–Trinajstić information content (AvgIpc) is 2.68. The molecule has 1 aliphatic rings. The number of rotatable bonds is 5. The van der Waals surface area contributed by atoms with Crippen LogP contribution in [0.2, 0.25) is 0 Å². The zero-order valence-electron chi connectivity index (χ0n) is 15.2. The van der Waals surface area contributed by atoms with Gasteiger partial charge < -0.3 is 5.11 Å². The highest BCUT2D eigenvalue weighted by Crippen LogP contribution is 2.29. The van der Waals surface area contributed by atoms with Gasteiger partial charge in [-0.1, -0.05) is 12.1 Å². The van der Waals surface area contributed by atoms with Crippen molar-refractivity contribution in [3.8, 4) is 11.3 Å². The molecule has 3 rings (SSSR count). The van der Waals surface area contributed by atoms with Crippen LogP contribution in [0.15, 0.2) is 36.7 Å². The lowest BCUT2D eigenvalue weighted by molar-refractivity contribution is 0.0697. The van der Waals surface area contributed by atoms with Crippen molar-refractivity contribution in [2.45, 2.75) is 18.8 Å². The number of aromatic carboxylic acids is 1. The van der Waals surface area contributed by atoms with Crippen LogP contribution in [0.3, 0.4) is 0 Å². The van der Waals surface area contributed by atoms with Crippen molar-refractivity contribution >= 4 is 16.2 Å². The fourth-order valence-corrected chi connectivity index (χ4v) is 4.34. The molecule has 8 nitrogen and oxygen atoms in total. The van der Waals surface area contributed by atoms with Gasteiger partial charge in [0.15, 0.2) is 0 Å². The molecule has 0 radical (unpaired) electrons. The molecule has 1 atom stereocenters. The first-order valence-corrected chi connectivity index (χ1v) is 10.0. The van der Waals surface area contributed by atoms with E-state index in [1.165, 1.54) is 28.8 Å². The van der Waals surface area contributed by atoms with Crippen molar-refractivity contribution in [3.63, 3.8) is 0 Å². The third-order valence-corrected chi connectivity index (χ3v) is 6.56. The predicted molar refractivity (Wildman–Crippen MR) is 101 cm³/mol. The Labute approximate surface area is 158 Å². The van der Waals surface area contributed by atoms with E-state index in [1.54, 1.807) is 30.6 Å². The van der Waals surface area contributed by atoms with E-state index in [0.29, 0.717) is 30.0 Å². The molecule has 0 saturated carbocycles. The number of hydrogen-bond donors (Lipinski definition) is 1. The van der Waals surface area contributed by atoms with Crippen LogP contribution in [0.5, 0.6) is 0 Å². The van der Waals surface area contributed by atoms with Gasteiger partial charge in [-0.3, -0.25) is 4.98 Å². The molecule has 1 fully saturated rings. The number of piperidine rings is 1. The average molecular weight is 390 g/mol. The summed E-state index contributed by atoms with van der Waals surface area (Å²) in [5.74, 6) is -1.05. The molecule has 1 aromatic carbocycles. The summed E-state index contributed by atoms with van der Waals surface area (Å²) in [6, 6.07) is 6.52. The number of benzene rings is 1. The van der Waals surface area contributed by atoms with Crippen LogP contribution in [0.25, 0.3) is 11.3 Å². The van der Waals surface area contributed by atoms with Crippen LogP contribution in [-0.2, 0) is 10.2 Å². The van der Waals surface area contributed by atoms with Crippen LogP contribution in [0.4, 0.5) is 0 Å². The van der Waals surface area contributed by atoms with Crippen LogP contribution < -0.4 is 0 Å². The van der Waals surface area contributed by atoms with E-state index in [2.05, 4.69) is 9.97 Å². The van der Waals surface area contributed by atoms with Crippen LogP contribution in [-0.4, -0.2) is 65.3 Å². The molecule has 1 aromatic heterocycles. The molecule has 9 heteroatoms. The molecular weight excluding hydrogens is 368 g/mol. The molecule has 1 N–H and O–H groups in total. The predicted octanol–water partition coefficient (Wildman–Crippen LogP) is 1.83. The Morgan fingerprint density at radius 2 is 2.07 bits per heavy atom. The van der Waals surface area contributed by atoms with Gasteiger partial charge in [-0.25, -0.2) is 9.78 Å². The minimum Gasteiger partial charge on any atom is -0.478 e. The fraction of sp³-hybridized carbons (Fsp3) is 0.389. The van der Waals surface area contributed by atoms with Gasteiger partial charge in [-0.2, -0.15) is 17.0 Å². The molecule has 0 aliphatic carbocycles. The van der Waals surface area contributed by atoms with E-state index in [9.17, 15) is 13.2 Å². The van der Waals surface area contributed by atoms with Gasteiger partial charge in [0, 0.05) is 44.9 Å². The van der Waals surface area contributed by atoms with Gasteiger partial charge in [0.2, 0.25) is 0 Å². The topological polar surface area (TPSA) is 104 Å². The Bertz CT molecular complexity index is 946. The van der Waals surface area contributed by atoms with Crippen molar-refractivity contribution in [2.24, 2.45) is 0 Å². The second-order valence-corrected chi connectivity index (χ2v) is 8.84. The van der Waals surface area contributed by atoms with E-state index in [0.717, 1.165) is 12.8 Å². The maximum absolute atomic E-state index is 12.4. The van der Waals surface area contributed by atoms with Crippen LogP contribution in [0, 0.1) is 0 Å². The van der Waals surface area contributed by atoms with Crippen molar-refractivity contribution in [2.75, 3.05) is 27.2 Å². The summed E-state index contributed by atoms with van der Waals surface area (Å²) in [4.78, 5) is 20.1. The largest absolute Gasteiger partial charge is 0.478 e. The van der Waals surface area contributed by atoms with E-state index in [4.69, 9.17) is 5.11 Å². The quantitative estimate of drug-likeness (QED) is 0.835. The Morgan fingerprint density at radius 3 is 2.78 bits per heavy atom. The summed E-state index contributed by atoms with van der Waals surface area (Å²) in [5.41, 5.74) is 2.13. The zero-order valence-corrected chi connectivity index (χ0v) is 16.1. The van der Waals surface area contributed by atoms with Crippen LogP contribution in [0.1, 0.15) is 34.8 Å². The first-order valence-electron chi connectivity index (χ1n) is 8.62. The molecule has 0 amide bonds. The highest BCUT2D eigenvalue weighted by Gasteiger charge is 2.31. The normalized spacial score (nSPS) is 18.6. The lowest BCUT2D eigenvalue weighted by Crippen LogP contribution is -2.45.